The quantitative estimate of drug-likeness (QED) is 0.618. The van der Waals surface area contributed by atoms with Crippen molar-refractivity contribution >= 4 is 23.7 Å². The van der Waals surface area contributed by atoms with Gasteiger partial charge >= 0.3 is 11.9 Å². The van der Waals surface area contributed by atoms with Gasteiger partial charge in [0.05, 0.1) is 12.7 Å². The smallest absolute Gasteiger partial charge is 0.338 e. The molecule has 0 saturated heterocycles. The third-order valence-corrected chi connectivity index (χ3v) is 2.45. The lowest BCUT2D eigenvalue weighted by Gasteiger charge is -2.11. The first-order valence-corrected chi connectivity index (χ1v) is 4.77. The number of methoxy groups -OCH3 is 1. The van der Waals surface area contributed by atoms with Gasteiger partial charge in [-0.15, -0.1) is 11.8 Å². The molecule has 0 saturated carbocycles. The lowest BCUT2D eigenvalue weighted by molar-refractivity contribution is -0.145. The third-order valence-electron chi connectivity index (χ3n) is 1.53. The Balaban J connectivity index is 2.62. The van der Waals surface area contributed by atoms with E-state index in [4.69, 9.17) is 4.74 Å². The number of carbonyl (C=O) groups excluding carboxylic acids is 2. The first-order valence-electron chi connectivity index (χ1n) is 3.72. The van der Waals surface area contributed by atoms with Gasteiger partial charge in [-0.3, -0.25) is 4.79 Å². The standard InChI is InChI=1S/C8H10O4S/c1-5(9)12-7-4-13-3-6(7)8(10)11-2/h3,7H,4H2,1-2H3. The predicted octanol–water partition coefficient (Wildman–Crippen LogP) is 0.722. The summed E-state index contributed by atoms with van der Waals surface area (Å²) in [6.45, 7) is 1.32. The molecule has 0 aromatic heterocycles. The maximum atomic E-state index is 11.1. The molecule has 5 heteroatoms. The maximum absolute atomic E-state index is 11.1. The summed E-state index contributed by atoms with van der Waals surface area (Å²) >= 11 is 1.44. The first-order chi connectivity index (χ1) is 6.15. The van der Waals surface area contributed by atoms with E-state index in [9.17, 15) is 9.59 Å². The summed E-state index contributed by atoms with van der Waals surface area (Å²) in [4.78, 5) is 21.8. The number of ether oxygens (including phenoxy) is 2. The molecule has 72 valence electrons. The van der Waals surface area contributed by atoms with Crippen LogP contribution in [0.5, 0.6) is 0 Å². The summed E-state index contributed by atoms with van der Waals surface area (Å²) in [7, 11) is 1.30. The van der Waals surface area contributed by atoms with Gasteiger partial charge in [0.15, 0.2) is 0 Å². The number of rotatable bonds is 2. The SMILES string of the molecule is COC(=O)C1=CSCC1OC(C)=O. The predicted molar refractivity (Wildman–Crippen MR) is 48.1 cm³/mol. The molecular weight excluding hydrogens is 192 g/mol. The van der Waals surface area contributed by atoms with Crippen molar-refractivity contribution in [2.75, 3.05) is 12.9 Å². The van der Waals surface area contributed by atoms with E-state index < -0.39 is 12.1 Å². The summed E-state index contributed by atoms with van der Waals surface area (Å²) in [6.07, 6.45) is -0.449. The van der Waals surface area contributed by atoms with Crippen molar-refractivity contribution in [2.24, 2.45) is 0 Å². The second-order valence-corrected chi connectivity index (χ2v) is 3.40. The van der Waals surface area contributed by atoms with E-state index >= 15 is 0 Å². The lowest BCUT2D eigenvalue weighted by atomic mass is 10.2. The van der Waals surface area contributed by atoms with E-state index in [0.717, 1.165) is 0 Å². The van der Waals surface area contributed by atoms with Crippen molar-refractivity contribution in [3.63, 3.8) is 0 Å². The minimum atomic E-state index is -0.449. The molecule has 0 aromatic rings. The Morgan fingerprint density at radius 1 is 1.62 bits per heavy atom. The van der Waals surface area contributed by atoms with Crippen LogP contribution in [0, 0.1) is 0 Å². The Labute approximate surface area is 80.3 Å². The summed E-state index contributed by atoms with van der Waals surface area (Å²) in [5.74, 6) is -0.233. The Hall–Kier alpha value is -0.970. The highest BCUT2D eigenvalue weighted by atomic mass is 32.2. The zero-order valence-electron chi connectivity index (χ0n) is 7.40. The lowest BCUT2D eigenvalue weighted by Crippen LogP contribution is -2.23. The second kappa shape index (κ2) is 4.32. The fourth-order valence-corrected chi connectivity index (χ4v) is 1.93. The van der Waals surface area contributed by atoms with Gasteiger partial charge in [-0.05, 0) is 5.41 Å². The van der Waals surface area contributed by atoms with Gasteiger partial charge in [-0.2, -0.15) is 0 Å². The molecule has 13 heavy (non-hydrogen) atoms. The number of hydrogen-bond donors (Lipinski definition) is 0. The molecule has 1 heterocycles. The van der Waals surface area contributed by atoms with Gasteiger partial charge in [0.2, 0.25) is 0 Å². The van der Waals surface area contributed by atoms with Crippen LogP contribution >= 0.6 is 11.8 Å². The average Bonchev–Trinajstić information content (AvgIpc) is 2.50. The van der Waals surface area contributed by atoms with E-state index in [-0.39, 0.29) is 5.97 Å². The minimum absolute atomic E-state index is 0.387. The van der Waals surface area contributed by atoms with E-state index in [1.54, 1.807) is 5.41 Å². The molecule has 0 radical (unpaired) electrons. The fourth-order valence-electron chi connectivity index (χ4n) is 0.986. The van der Waals surface area contributed by atoms with Gasteiger partial charge in [0, 0.05) is 12.7 Å². The van der Waals surface area contributed by atoms with Crippen LogP contribution in [0.15, 0.2) is 11.0 Å². The largest absolute Gasteiger partial charge is 0.466 e. The highest BCUT2D eigenvalue weighted by Gasteiger charge is 2.28. The topological polar surface area (TPSA) is 52.6 Å². The summed E-state index contributed by atoms with van der Waals surface area (Å²) in [5.41, 5.74) is 0.419. The summed E-state index contributed by atoms with van der Waals surface area (Å²) in [6, 6.07) is 0. The average molecular weight is 202 g/mol. The zero-order chi connectivity index (χ0) is 9.84. The minimum Gasteiger partial charge on any atom is -0.466 e. The molecule has 0 spiro atoms. The van der Waals surface area contributed by atoms with Gasteiger partial charge in [0.1, 0.15) is 6.10 Å². The molecule has 1 unspecified atom stereocenters. The normalized spacial score (nSPS) is 20.8. The monoisotopic (exact) mass is 202 g/mol. The van der Waals surface area contributed by atoms with Crippen LogP contribution in [0.3, 0.4) is 0 Å². The molecule has 0 bridgehead atoms. The van der Waals surface area contributed by atoms with Crippen molar-refractivity contribution in [3.05, 3.63) is 11.0 Å². The van der Waals surface area contributed by atoms with Crippen molar-refractivity contribution in [1.29, 1.82) is 0 Å². The van der Waals surface area contributed by atoms with E-state index in [2.05, 4.69) is 4.74 Å². The molecule has 0 amide bonds. The fraction of sp³-hybridized carbons (Fsp3) is 0.500. The van der Waals surface area contributed by atoms with Crippen LogP contribution in [0.4, 0.5) is 0 Å². The van der Waals surface area contributed by atoms with E-state index in [1.165, 1.54) is 25.8 Å². The van der Waals surface area contributed by atoms with Crippen molar-refractivity contribution in [3.8, 4) is 0 Å². The number of esters is 2. The van der Waals surface area contributed by atoms with Gasteiger partial charge in [-0.25, -0.2) is 4.79 Å². The molecule has 1 aliphatic heterocycles. The molecule has 0 fully saturated rings. The molecule has 0 aromatic carbocycles. The molecule has 0 N–H and O–H groups in total. The molecule has 0 aliphatic carbocycles. The maximum Gasteiger partial charge on any atom is 0.338 e. The van der Waals surface area contributed by atoms with Gasteiger partial charge in [-0.1, -0.05) is 0 Å². The van der Waals surface area contributed by atoms with Gasteiger partial charge in [0.25, 0.3) is 0 Å². The Bertz CT molecular complexity index is 259. The Morgan fingerprint density at radius 2 is 2.31 bits per heavy atom. The van der Waals surface area contributed by atoms with Crippen LogP contribution in [0.25, 0.3) is 0 Å². The number of thioether (sulfide) groups is 1. The highest BCUT2D eigenvalue weighted by Crippen LogP contribution is 2.25. The Morgan fingerprint density at radius 3 is 2.85 bits per heavy atom. The van der Waals surface area contributed by atoms with Crippen molar-refractivity contribution in [2.45, 2.75) is 13.0 Å². The highest BCUT2D eigenvalue weighted by molar-refractivity contribution is 8.02. The molecule has 1 aliphatic rings. The molecule has 1 rings (SSSR count). The first kappa shape index (κ1) is 10.1. The second-order valence-electron chi connectivity index (χ2n) is 2.50. The van der Waals surface area contributed by atoms with Crippen molar-refractivity contribution < 1.29 is 19.1 Å². The number of hydrogen-bond acceptors (Lipinski definition) is 5. The van der Waals surface area contributed by atoms with Gasteiger partial charge < -0.3 is 9.47 Å². The van der Waals surface area contributed by atoms with Crippen LogP contribution in [-0.2, 0) is 19.1 Å². The Kier molecular flexibility index (Phi) is 3.36. The summed E-state index contributed by atoms with van der Waals surface area (Å²) in [5, 5.41) is 1.67. The molecular formula is C8H10O4S. The van der Waals surface area contributed by atoms with Crippen molar-refractivity contribution in [1.82, 2.24) is 0 Å². The van der Waals surface area contributed by atoms with Crippen LogP contribution in [0.2, 0.25) is 0 Å². The molecule has 1 atom stereocenters. The van der Waals surface area contributed by atoms with Crippen LogP contribution < -0.4 is 0 Å². The number of carbonyl (C=O) groups is 2. The zero-order valence-corrected chi connectivity index (χ0v) is 8.22. The third kappa shape index (κ3) is 2.48. The van der Waals surface area contributed by atoms with E-state index in [0.29, 0.717) is 11.3 Å². The van der Waals surface area contributed by atoms with Crippen LogP contribution in [-0.4, -0.2) is 30.9 Å². The van der Waals surface area contributed by atoms with E-state index in [1.807, 2.05) is 0 Å². The van der Waals surface area contributed by atoms with Crippen LogP contribution in [0.1, 0.15) is 6.92 Å². The summed E-state index contributed by atoms with van der Waals surface area (Å²) < 4.78 is 9.45. The molecule has 4 nitrogen and oxygen atoms in total.